The summed E-state index contributed by atoms with van der Waals surface area (Å²) in [6.45, 7) is 6.27. The van der Waals surface area contributed by atoms with Gasteiger partial charge >= 0.3 is 5.97 Å². The minimum atomic E-state index is -0.133. The van der Waals surface area contributed by atoms with Crippen molar-refractivity contribution in [1.82, 2.24) is 0 Å². The van der Waals surface area contributed by atoms with E-state index in [0.29, 0.717) is 5.92 Å². The van der Waals surface area contributed by atoms with E-state index in [2.05, 4.69) is 26.0 Å². The van der Waals surface area contributed by atoms with E-state index in [9.17, 15) is 4.79 Å². The van der Waals surface area contributed by atoms with Gasteiger partial charge < -0.3 is 4.74 Å². The highest BCUT2D eigenvalue weighted by atomic mass is 16.5. The first-order valence-corrected chi connectivity index (χ1v) is 5.49. The predicted molar refractivity (Wildman–Crippen MR) is 59.2 cm³/mol. The number of carbonyl (C=O) groups is 1. The van der Waals surface area contributed by atoms with Crippen molar-refractivity contribution in [2.45, 2.75) is 39.0 Å². The number of carbonyl (C=O) groups excluding carboxylic acids is 1. The lowest BCUT2D eigenvalue weighted by Gasteiger charge is -2.10. The molecule has 2 heteroatoms. The van der Waals surface area contributed by atoms with E-state index in [4.69, 9.17) is 4.74 Å². The molecule has 0 spiro atoms. The van der Waals surface area contributed by atoms with Gasteiger partial charge in [0.05, 0.1) is 5.92 Å². The second kappa shape index (κ2) is 3.69. The summed E-state index contributed by atoms with van der Waals surface area (Å²) in [5, 5.41) is 0. The molecule has 0 aromatic heterocycles. The first kappa shape index (κ1) is 10.2. The topological polar surface area (TPSA) is 26.3 Å². The predicted octanol–water partition coefficient (Wildman–Crippen LogP) is 3.22. The Bertz CT molecular complexity index is 396. The highest BCUT2D eigenvalue weighted by Gasteiger charge is 2.29. The van der Waals surface area contributed by atoms with E-state index in [-0.39, 0.29) is 11.9 Å². The fraction of sp³-hybridized carbons (Fsp3) is 0.462. The van der Waals surface area contributed by atoms with Gasteiger partial charge in [0.25, 0.3) is 0 Å². The van der Waals surface area contributed by atoms with Gasteiger partial charge in [-0.3, -0.25) is 4.79 Å². The Labute approximate surface area is 90.3 Å². The molecule has 1 aliphatic rings. The molecule has 0 saturated carbocycles. The number of fused-ring (bicyclic) bond motifs is 1. The molecule has 0 fully saturated rings. The zero-order valence-electron chi connectivity index (χ0n) is 9.41. The molecule has 1 aliphatic heterocycles. The Hall–Kier alpha value is -1.31. The standard InChI is InChI=1S/C13H16O2/c1-4-8(2)10-5-6-12-11(7-10)9(3)13(14)15-12/h5-9H,4H2,1-3H3. The molecule has 2 rings (SSSR count). The van der Waals surface area contributed by atoms with Crippen LogP contribution in [0.25, 0.3) is 0 Å². The van der Waals surface area contributed by atoms with Crippen LogP contribution >= 0.6 is 0 Å². The van der Waals surface area contributed by atoms with Crippen molar-refractivity contribution in [2.75, 3.05) is 0 Å². The minimum Gasteiger partial charge on any atom is -0.426 e. The van der Waals surface area contributed by atoms with E-state index in [1.54, 1.807) is 0 Å². The molecule has 2 atom stereocenters. The van der Waals surface area contributed by atoms with Crippen LogP contribution in [0.1, 0.15) is 50.2 Å². The molecule has 0 N–H and O–H groups in total. The average Bonchev–Trinajstić information content (AvgIpc) is 2.54. The molecule has 80 valence electrons. The van der Waals surface area contributed by atoms with Crippen LogP contribution < -0.4 is 4.74 Å². The number of hydrogen-bond donors (Lipinski definition) is 0. The highest BCUT2D eigenvalue weighted by molar-refractivity contribution is 5.85. The summed E-state index contributed by atoms with van der Waals surface area (Å²) in [6, 6.07) is 6.08. The number of hydrogen-bond acceptors (Lipinski definition) is 2. The summed E-state index contributed by atoms with van der Waals surface area (Å²) in [5.41, 5.74) is 2.33. The molecule has 1 aromatic rings. The molecular weight excluding hydrogens is 188 g/mol. The largest absolute Gasteiger partial charge is 0.426 e. The number of esters is 1. The van der Waals surface area contributed by atoms with Gasteiger partial charge in [0.1, 0.15) is 5.75 Å². The van der Waals surface area contributed by atoms with Crippen molar-refractivity contribution in [2.24, 2.45) is 0 Å². The molecule has 0 aliphatic carbocycles. The second-order valence-electron chi connectivity index (χ2n) is 4.25. The third-order valence-corrected chi connectivity index (χ3v) is 3.25. The third-order valence-electron chi connectivity index (χ3n) is 3.25. The van der Waals surface area contributed by atoms with Gasteiger partial charge in [-0.15, -0.1) is 0 Å². The van der Waals surface area contributed by atoms with E-state index in [1.807, 2.05) is 13.0 Å². The quantitative estimate of drug-likeness (QED) is 0.546. The molecule has 0 amide bonds. The van der Waals surface area contributed by atoms with Crippen LogP contribution in [0.5, 0.6) is 5.75 Å². The monoisotopic (exact) mass is 204 g/mol. The first-order valence-electron chi connectivity index (χ1n) is 5.49. The van der Waals surface area contributed by atoms with Crippen molar-refractivity contribution >= 4 is 5.97 Å². The van der Waals surface area contributed by atoms with E-state index < -0.39 is 0 Å². The Morgan fingerprint density at radius 1 is 1.47 bits per heavy atom. The van der Waals surface area contributed by atoms with Crippen molar-refractivity contribution in [3.8, 4) is 5.75 Å². The smallest absolute Gasteiger partial charge is 0.318 e. The van der Waals surface area contributed by atoms with Crippen LogP contribution in [-0.4, -0.2) is 5.97 Å². The maximum absolute atomic E-state index is 11.4. The number of benzene rings is 1. The van der Waals surface area contributed by atoms with Crippen LogP contribution in [-0.2, 0) is 4.79 Å². The molecule has 1 aromatic carbocycles. The molecule has 1 heterocycles. The fourth-order valence-electron chi connectivity index (χ4n) is 1.86. The molecule has 2 nitrogen and oxygen atoms in total. The van der Waals surface area contributed by atoms with Gasteiger partial charge in [-0.05, 0) is 30.9 Å². The van der Waals surface area contributed by atoms with Gasteiger partial charge in [-0.2, -0.15) is 0 Å². The Morgan fingerprint density at radius 2 is 2.20 bits per heavy atom. The van der Waals surface area contributed by atoms with Crippen molar-refractivity contribution in [1.29, 1.82) is 0 Å². The fourth-order valence-corrected chi connectivity index (χ4v) is 1.86. The Kier molecular flexibility index (Phi) is 2.51. The van der Waals surface area contributed by atoms with E-state index in [0.717, 1.165) is 17.7 Å². The molecule has 0 saturated heterocycles. The van der Waals surface area contributed by atoms with E-state index in [1.165, 1.54) is 5.56 Å². The lowest BCUT2D eigenvalue weighted by molar-refractivity contribution is -0.133. The summed E-state index contributed by atoms with van der Waals surface area (Å²) in [6.07, 6.45) is 1.11. The lowest BCUT2D eigenvalue weighted by Crippen LogP contribution is -2.05. The molecule has 2 unspecified atom stereocenters. The Balaban J connectivity index is 2.39. The minimum absolute atomic E-state index is 0.107. The third kappa shape index (κ3) is 1.65. The summed E-state index contributed by atoms with van der Waals surface area (Å²) >= 11 is 0. The molecular formula is C13H16O2. The van der Waals surface area contributed by atoms with Crippen LogP contribution in [0.3, 0.4) is 0 Å². The van der Waals surface area contributed by atoms with Gasteiger partial charge in [-0.25, -0.2) is 0 Å². The Morgan fingerprint density at radius 3 is 2.87 bits per heavy atom. The van der Waals surface area contributed by atoms with Gasteiger partial charge in [0, 0.05) is 5.56 Å². The summed E-state index contributed by atoms with van der Waals surface area (Å²) in [4.78, 5) is 11.4. The first-order chi connectivity index (χ1) is 7.13. The summed E-state index contributed by atoms with van der Waals surface area (Å²) in [5.74, 6) is 1.04. The molecule has 0 bridgehead atoms. The van der Waals surface area contributed by atoms with Crippen molar-refractivity contribution < 1.29 is 9.53 Å². The maximum atomic E-state index is 11.4. The number of rotatable bonds is 2. The number of ether oxygens (including phenoxy) is 1. The highest BCUT2D eigenvalue weighted by Crippen LogP contribution is 2.36. The lowest BCUT2D eigenvalue weighted by atomic mass is 9.93. The zero-order chi connectivity index (χ0) is 11.0. The normalized spacial score (nSPS) is 21.0. The van der Waals surface area contributed by atoms with Crippen molar-refractivity contribution in [3.63, 3.8) is 0 Å². The van der Waals surface area contributed by atoms with E-state index >= 15 is 0 Å². The van der Waals surface area contributed by atoms with Gasteiger partial charge in [-0.1, -0.05) is 26.0 Å². The van der Waals surface area contributed by atoms with Crippen LogP contribution in [0.2, 0.25) is 0 Å². The SMILES string of the molecule is CCC(C)c1ccc2c(c1)C(C)C(=O)O2. The summed E-state index contributed by atoms with van der Waals surface area (Å²) < 4.78 is 5.15. The zero-order valence-corrected chi connectivity index (χ0v) is 9.41. The van der Waals surface area contributed by atoms with Crippen LogP contribution in [0, 0.1) is 0 Å². The summed E-state index contributed by atoms with van der Waals surface area (Å²) in [7, 11) is 0. The second-order valence-corrected chi connectivity index (χ2v) is 4.25. The van der Waals surface area contributed by atoms with Gasteiger partial charge in [0.2, 0.25) is 0 Å². The van der Waals surface area contributed by atoms with Crippen molar-refractivity contribution in [3.05, 3.63) is 29.3 Å². The van der Waals surface area contributed by atoms with Gasteiger partial charge in [0.15, 0.2) is 0 Å². The average molecular weight is 204 g/mol. The van der Waals surface area contributed by atoms with Crippen LogP contribution in [0.4, 0.5) is 0 Å². The maximum Gasteiger partial charge on any atom is 0.318 e. The molecule has 0 radical (unpaired) electrons. The molecule has 15 heavy (non-hydrogen) atoms. The van der Waals surface area contributed by atoms with Crippen LogP contribution in [0.15, 0.2) is 18.2 Å².